The maximum atomic E-state index is 13.7. The van der Waals surface area contributed by atoms with Gasteiger partial charge in [0.15, 0.2) is 0 Å². The topological polar surface area (TPSA) is 61.4 Å². The molecule has 1 aromatic heterocycles. The number of aryl methyl sites for hydroxylation is 1. The predicted octanol–water partition coefficient (Wildman–Crippen LogP) is 4.34. The molecular weight excluding hydrogens is 453 g/mol. The third kappa shape index (κ3) is 5.36. The van der Waals surface area contributed by atoms with Crippen molar-refractivity contribution in [3.8, 4) is 0 Å². The first kappa shape index (κ1) is 24.9. The van der Waals surface area contributed by atoms with Crippen LogP contribution in [0.4, 0.5) is 10.2 Å². The van der Waals surface area contributed by atoms with E-state index in [9.17, 15) is 9.18 Å². The smallest absolute Gasteiger partial charge is 0.231 e. The maximum Gasteiger partial charge on any atom is 0.231 e. The number of piperazine rings is 1. The Kier molecular flexibility index (Phi) is 7.73. The zero-order chi connectivity index (χ0) is 24.3. The maximum absolute atomic E-state index is 13.7. The number of hydrogen-bond acceptors (Lipinski definition) is 5. The van der Waals surface area contributed by atoms with E-state index in [1.54, 1.807) is 6.33 Å². The van der Waals surface area contributed by atoms with Crippen LogP contribution in [-0.4, -0.2) is 65.7 Å². The molecule has 8 heteroatoms. The van der Waals surface area contributed by atoms with E-state index < -0.39 is 0 Å². The van der Waals surface area contributed by atoms with Crippen molar-refractivity contribution >= 4 is 23.3 Å². The van der Waals surface area contributed by atoms with Crippen LogP contribution < -0.4 is 10.2 Å². The number of nitrogens with zero attached hydrogens (tertiary/aromatic N) is 4. The summed E-state index contributed by atoms with van der Waals surface area (Å²) in [4.78, 5) is 26.7. The van der Waals surface area contributed by atoms with E-state index in [0.717, 1.165) is 41.9 Å². The van der Waals surface area contributed by atoms with Crippen LogP contribution >= 0.6 is 11.6 Å². The summed E-state index contributed by atoms with van der Waals surface area (Å²) in [7, 11) is 0. The molecule has 1 amide bonds. The van der Waals surface area contributed by atoms with Crippen LogP contribution in [-0.2, 0) is 11.2 Å². The third-order valence-corrected chi connectivity index (χ3v) is 7.65. The fraction of sp³-hybridized carbons (Fsp3) is 0.577. The first-order chi connectivity index (χ1) is 16.3. The zero-order valence-electron chi connectivity index (χ0n) is 20.4. The lowest BCUT2D eigenvalue weighted by Crippen LogP contribution is -2.52. The van der Waals surface area contributed by atoms with Gasteiger partial charge >= 0.3 is 0 Å². The number of aromatic nitrogens is 2. The Balaban J connectivity index is 1.47. The lowest BCUT2D eigenvalue weighted by atomic mass is 9.94. The Morgan fingerprint density at radius 2 is 1.91 bits per heavy atom. The number of halogens is 2. The van der Waals surface area contributed by atoms with Gasteiger partial charge in [0.2, 0.25) is 5.91 Å². The van der Waals surface area contributed by atoms with Crippen LogP contribution in [0, 0.1) is 0 Å². The number of fused-ring (bicyclic) bond motifs is 1. The molecule has 1 aromatic carbocycles. The molecule has 0 saturated carbocycles. The van der Waals surface area contributed by atoms with Crippen LogP contribution in [0.15, 0.2) is 30.6 Å². The molecule has 184 valence electrons. The number of rotatable bonds is 8. The molecule has 4 rings (SSSR count). The number of carbonyl (C=O) groups is 1. The zero-order valence-corrected chi connectivity index (χ0v) is 21.1. The highest BCUT2D eigenvalue weighted by Crippen LogP contribution is 2.38. The minimum Gasteiger partial charge on any atom is -0.353 e. The van der Waals surface area contributed by atoms with Crippen LogP contribution in [0.5, 0.6) is 0 Å². The third-order valence-electron chi connectivity index (χ3n) is 7.40. The van der Waals surface area contributed by atoms with Crippen molar-refractivity contribution < 1.29 is 9.18 Å². The van der Waals surface area contributed by atoms with Gasteiger partial charge in [0.25, 0.3) is 0 Å². The lowest BCUT2D eigenvalue weighted by molar-refractivity contribution is -0.133. The minimum atomic E-state index is -0.379. The van der Waals surface area contributed by atoms with Gasteiger partial charge in [0.05, 0.1) is 12.6 Å². The first-order valence-corrected chi connectivity index (χ1v) is 12.6. The molecule has 1 aliphatic carbocycles. The summed E-state index contributed by atoms with van der Waals surface area (Å²) in [6, 6.07) is 7.58. The number of nitrogens with one attached hydrogen (secondary N) is 1. The number of amides is 1. The summed E-state index contributed by atoms with van der Waals surface area (Å²) >= 11 is 6.10. The Labute approximate surface area is 206 Å². The van der Waals surface area contributed by atoms with Gasteiger partial charge in [-0.15, -0.1) is 0 Å². The van der Waals surface area contributed by atoms with Gasteiger partial charge in [-0.05, 0) is 50.8 Å². The largest absolute Gasteiger partial charge is 0.353 e. The van der Waals surface area contributed by atoms with Crippen molar-refractivity contribution in [3.05, 3.63) is 52.4 Å². The highest BCUT2D eigenvalue weighted by atomic mass is 35.5. The van der Waals surface area contributed by atoms with Crippen LogP contribution in [0.2, 0.25) is 5.02 Å². The van der Waals surface area contributed by atoms with E-state index in [-0.39, 0.29) is 30.0 Å². The SMILES string of the molecule is CCC(C)(C)NCC(C(=O)N1CCN(c2ncnc3c2C(CF)CC3)CC1)c1ccc(Cl)cc1. The van der Waals surface area contributed by atoms with Crippen molar-refractivity contribution in [2.24, 2.45) is 0 Å². The molecule has 2 unspecified atom stereocenters. The number of alkyl halides is 1. The van der Waals surface area contributed by atoms with Crippen molar-refractivity contribution in [1.29, 1.82) is 0 Å². The molecule has 1 fully saturated rings. The molecule has 6 nitrogen and oxygen atoms in total. The monoisotopic (exact) mass is 487 g/mol. The standard InChI is InChI=1S/C26H35ClFN5O/c1-4-26(2,3)31-16-21(18-5-8-20(27)9-6-18)25(34)33-13-11-32(12-14-33)24-23-19(15-28)7-10-22(23)29-17-30-24/h5-6,8-9,17,19,21,31H,4,7,10-16H2,1-3H3. The first-order valence-electron chi connectivity index (χ1n) is 12.3. The second kappa shape index (κ2) is 10.6. The van der Waals surface area contributed by atoms with Crippen molar-refractivity contribution in [1.82, 2.24) is 20.2 Å². The molecule has 0 bridgehead atoms. The molecule has 0 spiro atoms. The summed E-state index contributed by atoms with van der Waals surface area (Å²) in [6.07, 6.45) is 4.15. The minimum absolute atomic E-state index is 0.0516. The number of hydrogen-bond donors (Lipinski definition) is 1. The molecule has 2 atom stereocenters. The van der Waals surface area contributed by atoms with Gasteiger partial charge in [0, 0.05) is 60.5 Å². The predicted molar refractivity (Wildman–Crippen MR) is 134 cm³/mol. The van der Waals surface area contributed by atoms with Crippen molar-refractivity contribution in [3.63, 3.8) is 0 Å². The molecule has 0 radical (unpaired) electrons. The molecule has 34 heavy (non-hydrogen) atoms. The van der Waals surface area contributed by atoms with Gasteiger partial charge in [-0.3, -0.25) is 9.18 Å². The normalized spacial score (nSPS) is 19.3. The summed E-state index contributed by atoms with van der Waals surface area (Å²) in [5.41, 5.74) is 2.85. The van der Waals surface area contributed by atoms with E-state index in [2.05, 4.69) is 41.0 Å². The van der Waals surface area contributed by atoms with Gasteiger partial charge in [-0.25, -0.2) is 9.97 Å². The van der Waals surface area contributed by atoms with Crippen LogP contribution in [0.3, 0.4) is 0 Å². The van der Waals surface area contributed by atoms with Gasteiger partial charge in [-0.1, -0.05) is 30.7 Å². The lowest BCUT2D eigenvalue weighted by Gasteiger charge is -2.38. The molecule has 1 saturated heterocycles. The Hall–Kier alpha value is -2.25. The second-order valence-electron chi connectivity index (χ2n) is 9.98. The highest BCUT2D eigenvalue weighted by Gasteiger charge is 2.33. The van der Waals surface area contributed by atoms with E-state index in [1.807, 2.05) is 29.2 Å². The Morgan fingerprint density at radius 3 is 2.56 bits per heavy atom. The summed E-state index contributed by atoms with van der Waals surface area (Å²) in [5.74, 6) is 0.566. The Morgan fingerprint density at radius 1 is 1.21 bits per heavy atom. The fourth-order valence-electron chi connectivity index (χ4n) is 4.81. The van der Waals surface area contributed by atoms with E-state index in [4.69, 9.17) is 11.6 Å². The quantitative estimate of drug-likeness (QED) is 0.600. The van der Waals surface area contributed by atoms with E-state index >= 15 is 0 Å². The van der Waals surface area contributed by atoms with Crippen LogP contribution in [0.25, 0.3) is 0 Å². The molecule has 1 N–H and O–H groups in total. The molecule has 2 aromatic rings. The van der Waals surface area contributed by atoms with Crippen molar-refractivity contribution in [2.75, 3.05) is 44.3 Å². The fourth-order valence-corrected chi connectivity index (χ4v) is 4.93. The summed E-state index contributed by atoms with van der Waals surface area (Å²) in [6.45, 7) is 9.21. The van der Waals surface area contributed by atoms with Gasteiger partial charge in [0.1, 0.15) is 12.1 Å². The number of benzene rings is 1. The molecule has 1 aliphatic heterocycles. The molecular formula is C26H35ClFN5O. The number of carbonyl (C=O) groups excluding carboxylic acids is 1. The highest BCUT2D eigenvalue weighted by molar-refractivity contribution is 6.30. The van der Waals surface area contributed by atoms with Crippen LogP contribution in [0.1, 0.15) is 62.3 Å². The van der Waals surface area contributed by atoms with Gasteiger partial charge in [-0.2, -0.15) is 0 Å². The summed E-state index contributed by atoms with van der Waals surface area (Å²) in [5, 5.41) is 4.23. The van der Waals surface area contributed by atoms with E-state index in [1.165, 1.54) is 0 Å². The summed E-state index contributed by atoms with van der Waals surface area (Å²) < 4.78 is 13.6. The molecule has 2 aliphatic rings. The average molecular weight is 488 g/mol. The van der Waals surface area contributed by atoms with Crippen molar-refractivity contribution in [2.45, 2.75) is 57.4 Å². The Bertz CT molecular complexity index is 991. The second-order valence-corrected chi connectivity index (χ2v) is 10.4. The number of anilines is 1. The average Bonchev–Trinajstić information content (AvgIpc) is 3.28. The molecule has 2 heterocycles. The van der Waals surface area contributed by atoms with E-state index in [0.29, 0.717) is 37.7 Å². The van der Waals surface area contributed by atoms with Gasteiger partial charge < -0.3 is 15.1 Å².